The number of rotatable bonds is 12. The zero-order valence-corrected chi connectivity index (χ0v) is 24.5. The number of alkyl halides is 9. The van der Waals surface area contributed by atoms with Crippen molar-refractivity contribution in [3.05, 3.63) is 70.2 Å². The zero-order valence-electron chi connectivity index (χ0n) is 24.5. The molecule has 0 radical (unpaired) electrons. The van der Waals surface area contributed by atoms with Gasteiger partial charge < -0.3 is 14.9 Å². The van der Waals surface area contributed by atoms with E-state index in [0.29, 0.717) is 31.6 Å². The van der Waals surface area contributed by atoms with E-state index in [2.05, 4.69) is 15.1 Å². The molecule has 4 rings (SSSR count). The number of carbonyl (C=O) groups is 1. The molecule has 1 aromatic carbocycles. The van der Waals surface area contributed by atoms with Gasteiger partial charge in [0.2, 0.25) is 5.95 Å². The van der Waals surface area contributed by atoms with Gasteiger partial charge in [-0.2, -0.15) is 44.6 Å². The summed E-state index contributed by atoms with van der Waals surface area (Å²) in [5, 5.41) is 12.6. The number of anilines is 2. The lowest BCUT2D eigenvalue weighted by atomic mass is 10.0. The molecule has 0 spiro atoms. The van der Waals surface area contributed by atoms with E-state index in [1.54, 1.807) is 4.90 Å². The van der Waals surface area contributed by atoms with Crippen LogP contribution in [-0.4, -0.2) is 43.9 Å². The van der Waals surface area contributed by atoms with Crippen molar-refractivity contribution < 1.29 is 49.4 Å². The minimum absolute atomic E-state index is 0.0462. The third-order valence-electron chi connectivity index (χ3n) is 7.08. The number of carboxylic acid groups (broad SMARTS) is 1. The maximum absolute atomic E-state index is 14.4. The van der Waals surface area contributed by atoms with Gasteiger partial charge in [-0.05, 0) is 55.0 Å². The molecule has 46 heavy (non-hydrogen) atoms. The summed E-state index contributed by atoms with van der Waals surface area (Å²) >= 11 is 0. The molecule has 0 unspecified atom stereocenters. The van der Waals surface area contributed by atoms with E-state index >= 15 is 0 Å². The van der Waals surface area contributed by atoms with E-state index in [1.807, 2.05) is 6.92 Å². The second kappa shape index (κ2) is 13.2. The topological polar surface area (TPSA) is 87.4 Å². The summed E-state index contributed by atoms with van der Waals surface area (Å²) in [5.74, 6) is -1.26. The first-order valence-electron chi connectivity index (χ1n) is 14.0. The lowest BCUT2D eigenvalue weighted by Gasteiger charge is -2.29. The van der Waals surface area contributed by atoms with Crippen LogP contribution in [0.1, 0.15) is 59.7 Å². The number of aromatic nitrogens is 4. The lowest BCUT2D eigenvalue weighted by molar-refractivity contribution is -0.144. The second-order valence-corrected chi connectivity index (χ2v) is 10.9. The van der Waals surface area contributed by atoms with Crippen LogP contribution in [-0.2, 0) is 43.5 Å². The smallest absolute Gasteiger partial charge is 0.435 e. The van der Waals surface area contributed by atoms with Gasteiger partial charge >= 0.3 is 24.5 Å². The van der Waals surface area contributed by atoms with Gasteiger partial charge in [0.25, 0.3) is 0 Å². The van der Waals surface area contributed by atoms with Crippen molar-refractivity contribution in [2.45, 2.75) is 57.8 Å². The number of hydrogen-bond donors (Lipinski definition) is 1. The van der Waals surface area contributed by atoms with Gasteiger partial charge in [-0.25, -0.2) is 14.8 Å². The fraction of sp³-hybridized carbons (Fsp3) is 0.448. The highest BCUT2D eigenvalue weighted by molar-refractivity contribution is 5.85. The average Bonchev–Trinajstić information content (AvgIpc) is 3.70. The molecular weight excluding hydrogens is 635 g/mol. The van der Waals surface area contributed by atoms with Crippen LogP contribution >= 0.6 is 0 Å². The zero-order chi connectivity index (χ0) is 34.0. The highest BCUT2D eigenvalue weighted by atomic mass is 19.4. The van der Waals surface area contributed by atoms with Crippen molar-refractivity contribution in [2.24, 2.45) is 13.0 Å². The van der Waals surface area contributed by atoms with E-state index in [1.165, 1.54) is 7.05 Å². The number of hydrogen-bond acceptors (Lipinski definition) is 6. The van der Waals surface area contributed by atoms with E-state index in [9.17, 15) is 44.3 Å². The van der Waals surface area contributed by atoms with Gasteiger partial charge in [0.05, 0.1) is 17.7 Å². The number of halogens is 9. The largest absolute Gasteiger partial charge is 0.478 e. The highest BCUT2D eigenvalue weighted by Crippen LogP contribution is 2.40. The average molecular weight is 665 g/mol. The molecule has 0 atom stereocenters. The van der Waals surface area contributed by atoms with Gasteiger partial charge in [0, 0.05) is 56.3 Å². The van der Waals surface area contributed by atoms with Crippen molar-refractivity contribution in [1.82, 2.24) is 19.7 Å². The number of aryl methyl sites for hydroxylation is 1. The Bertz CT molecular complexity index is 1530. The van der Waals surface area contributed by atoms with Crippen molar-refractivity contribution in [3.63, 3.8) is 0 Å². The fourth-order valence-corrected chi connectivity index (χ4v) is 4.96. The van der Waals surface area contributed by atoms with Crippen molar-refractivity contribution in [2.75, 3.05) is 22.9 Å². The van der Waals surface area contributed by atoms with E-state index < -0.39 is 60.0 Å². The van der Waals surface area contributed by atoms with Gasteiger partial charge in [-0.1, -0.05) is 6.92 Å². The quantitative estimate of drug-likeness (QED) is 0.162. The van der Waals surface area contributed by atoms with Crippen LogP contribution in [0.2, 0.25) is 0 Å². The Balaban J connectivity index is 1.87. The van der Waals surface area contributed by atoms with Gasteiger partial charge in [-0.3, -0.25) is 4.68 Å². The summed E-state index contributed by atoms with van der Waals surface area (Å²) < 4.78 is 126. The first-order valence-corrected chi connectivity index (χ1v) is 14.0. The monoisotopic (exact) mass is 664 g/mol. The molecule has 3 aromatic rings. The van der Waals surface area contributed by atoms with Crippen LogP contribution in [0, 0.1) is 5.92 Å². The van der Waals surface area contributed by atoms with E-state index in [4.69, 9.17) is 5.11 Å². The molecule has 1 N–H and O–H groups in total. The normalized spacial score (nSPS) is 14.2. The Labute approximate surface area is 257 Å². The summed E-state index contributed by atoms with van der Waals surface area (Å²) in [6.45, 7) is 1.20. The minimum Gasteiger partial charge on any atom is -0.478 e. The minimum atomic E-state index is -5.15. The first-order chi connectivity index (χ1) is 21.4. The van der Waals surface area contributed by atoms with Crippen molar-refractivity contribution in [1.29, 1.82) is 0 Å². The van der Waals surface area contributed by atoms with Gasteiger partial charge in [-0.15, -0.1) is 0 Å². The first kappa shape index (κ1) is 34.6. The maximum Gasteiger partial charge on any atom is 0.435 e. The molecule has 1 aliphatic rings. The maximum atomic E-state index is 14.4. The third kappa shape index (κ3) is 8.69. The van der Waals surface area contributed by atoms with Gasteiger partial charge in [0.15, 0.2) is 5.69 Å². The number of aliphatic carboxylic acids is 1. The molecule has 0 saturated heterocycles. The highest BCUT2D eigenvalue weighted by Gasteiger charge is 2.41. The van der Waals surface area contributed by atoms with Crippen LogP contribution in [0.15, 0.2) is 36.7 Å². The van der Waals surface area contributed by atoms with E-state index in [-0.39, 0.29) is 34.9 Å². The van der Waals surface area contributed by atoms with Gasteiger partial charge in [0.1, 0.15) is 5.82 Å². The molecule has 0 bridgehead atoms. The van der Waals surface area contributed by atoms with Crippen molar-refractivity contribution >= 4 is 23.8 Å². The Morgan fingerprint density at radius 1 is 0.935 bits per heavy atom. The summed E-state index contributed by atoms with van der Waals surface area (Å²) in [6, 6.07) is 0.921. The fourth-order valence-electron chi connectivity index (χ4n) is 4.96. The summed E-state index contributed by atoms with van der Waals surface area (Å²) in [7, 11) is 1.33. The Hall–Kier alpha value is -4.31. The summed E-state index contributed by atoms with van der Waals surface area (Å²) in [5.41, 5.74) is -5.16. The molecule has 2 aromatic heterocycles. The molecule has 1 aliphatic carbocycles. The molecule has 1 saturated carbocycles. The second-order valence-electron chi connectivity index (χ2n) is 10.9. The molecule has 8 nitrogen and oxygen atoms in total. The molecule has 0 aliphatic heterocycles. The van der Waals surface area contributed by atoms with Crippen LogP contribution in [0.5, 0.6) is 0 Å². The summed E-state index contributed by atoms with van der Waals surface area (Å²) in [4.78, 5) is 21.8. The Kier molecular flexibility index (Phi) is 9.92. The van der Waals surface area contributed by atoms with Crippen LogP contribution in [0.3, 0.4) is 0 Å². The molecule has 0 amide bonds. The predicted molar refractivity (Wildman–Crippen MR) is 148 cm³/mol. The molecule has 2 heterocycles. The molecular formula is C29H29F9N6O2. The Morgan fingerprint density at radius 2 is 1.52 bits per heavy atom. The predicted octanol–water partition coefficient (Wildman–Crippen LogP) is 7.20. The SMILES string of the molecule is CCCN(CC1CC1)c1c(CN(Cc2cc(C(F)(F)F)cc(C(F)(F)F)c2)c2ncc(C=CC(=O)O)cn2)c(C(F)(F)F)nn1C. The van der Waals surface area contributed by atoms with Crippen LogP contribution in [0.4, 0.5) is 51.3 Å². The number of benzene rings is 1. The summed E-state index contributed by atoms with van der Waals surface area (Å²) in [6.07, 6.45) is -8.78. The van der Waals surface area contributed by atoms with E-state index in [0.717, 1.165) is 47.0 Å². The number of carboxylic acids is 1. The standard InChI is InChI=1S/C29H29F9N6O2/c1-3-8-43(14-17-4-5-17)25-22(24(29(36,37)38)41-42(25)2)16-44(26-39-12-18(13-40-26)6-7-23(45)46)15-19-9-20(27(30,31)32)11-21(10-19)28(33,34)35/h6-7,9-13,17H,3-5,8,14-16H2,1-2H3,(H,45,46). The molecule has 250 valence electrons. The third-order valence-corrected chi connectivity index (χ3v) is 7.08. The molecule has 17 heteroatoms. The lowest BCUT2D eigenvalue weighted by Crippen LogP contribution is -2.31. The Morgan fingerprint density at radius 3 is 2.00 bits per heavy atom. The van der Waals surface area contributed by atoms with Crippen LogP contribution in [0.25, 0.3) is 6.08 Å². The molecule has 1 fully saturated rings. The van der Waals surface area contributed by atoms with Crippen molar-refractivity contribution in [3.8, 4) is 0 Å². The van der Waals surface area contributed by atoms with Crippen LogP contribution < -0.4 is 9.80 Å². The number of nitrogens with zero attached hydrogens (tertiary/aromatic N) is 6.